The number of fused-ring (bicyclic) bond motifs is 3. The van der Waals surface area contributed by atoms with Gasteiger partial charge in [0, 0.05) is 37.0 Å². The van der Waals surface area contributed by atoms with Crippen LogP contribution in [-0.2, 0) is 9.59 Å². The Kier molecular flexibility index (Phi) is 5.38. The fraction of sp³-hybridized carbons (Fsp3) is 0.417. The van der Waals surface area contributed by atoms with E-state index in [1.165, 1.54) is 0 Å². The highest BCUT2D eigenvalue weighted by Crippen LogP contribution is 2.37. The molecule has 3 heterocycles. The number of piperidine rings is 2. The number of carbonyl (C=O) groups excluding carboxylic acids is 2. The summed E-state index contributed by atoms with van der Waals surface area (Å²) in [6.07, 6.45) is 3.96. The molecule has 1 atom stereocenters. The van der Waals surface area contributed by atoms with E-state index in [0.717, 1.165) is 65.5 Å². The number of likely N-dealkylation sites (tertiary alicyclic amines) is 1. The summed E-state index contributed by atoms with van der Waals surface area (Å²) in [4.78, 5) is 26.2. The fourth-order valence-electron chi connectivity index (χ4n) is 4.64. The van der Waals surface area contributed by atoms with Crippen molar-refractivity contribution < 1.29 is 23.8 Å². The number of furan rings is 1. The number of nitrogens with zero attached hydrogens (tertiary/aromatic N) is 1. The van der Waals surface area contributed by atoms with Crippen molar-refractivity contribution in [1.82, 2.24) is 10.2 Å². The van der Waals surface area contributed by atoms with Crippen molar-refractivity contribution in [1.29, 1.82) is 0 Å². The zero-order chi connectivity index (χ0) is 21.4. The summed E-state index contributed by atoms with van der Waals surface area (Å²) < 4.78 is 11.7. The highest BCUT2D eigenvalue weighted by Gasteiger charge is 2.31. The van der Waals surface area contributed by atoms with Gasteiger partial charge in [0.1, 0.15) is 17.9 Å². The minimum absolute atomic E-state index is 0.164. The first-order valence-electron chi connectivity index (χ1n) is 10.9. The summed E-state index contributed by atoms with van der Waals surface area (Å²) >= 11 is 0. The van der Waals surface area contributed by atoms with E-state index < -0.39 is 0 Å². The summed E-state index contributed by atoms with van der Waals surface area (Å²) in [7, 11) is 0. The van der Waals surface area contributed by atoms with Gasteiger partial charge in [0.2, 0.25) is 11.8 Å². The molecule has 2 N–H and O–H groups in total. The summed E-state index contributed by atoms with van der Waals surface area (Å²) in [5, 5.41) is 15.0. The van der Waals surface area contributed by atoms with Crippen molar-refractivity contribution in [3.63, 3.8) is 0 Å². The van der Waals surface area contributed by atoms with Gasteiger partial charge in [-0.05, 0) is 54.3 Å². The van der Waals surface area contributed by atoms with Gasteiger partial charge in [-0.3, -0.25) is 19.8 Å². The Hall–Kier alpha value is -2.90. The lowest BCUT2D eigenvalue weighted by Gasteiger charge is -2.29. The number of imide groups is 1. The highest BCUT2D eigenvalue weighted by molar-refractivity contribution is 6.10. The van der Waals surface area contributed by atoms with E-state index in [1.807, 2.05) is 30.3 Å². The normalized spacial score (nSPS) is 21.0. The first-order valence-corrected chi connectivity index (χ1v) is 10.9. The molecule has 0 saturated carbocycles. The lowest BCUT2D eigenvalue weighted by Crippen LogP contribution is -2.39. The molecular weight excluding hydrogens is 396 g/mol. The van der Waals surface area contributed by atoms with Gasteiger partial charge in [0.15, 0.2) is 0 Å². The van der Waals surface area contributed by atoms with E-state index >= 15 is 0 Å². The fourth-order valence-corrected chi connectivity index (χ4v) is 4.64. The van der Waals surface area contributed by atoms with E-state index in [1.54, 1.807) is 6.26 Å². The third-order valence-corrected chi connectivity index (χ3v) is 6.40. The molecule has 3 aromatic rings. The van der Waals surface area contributed by atoms with Crippen LogP contribution in [0.5, 0.6) is 5.75 Å². The van der Waals surface area contributed by atoms with Crippen molar-refractivity contribution in [3.05, 3.63) is 42.2 Å². The quantitative estimate of drug-likeness (QED) is 0.615. The molecule has 2 aromatic carbocycles. The van der Waals surface area contributed by atoms with Gasteiger partial charge in [0.25, 0.3) is 0 Å². The maximum Gasteiger partial charge on any atom is 0.234 e. The Morgan fingerprint density at radius 3 is 2.77 bits per heavy atom. The number of benzene rings is 2. The average Bonchev–Trinajstić information content (AvgIpc) is 3.19. The zero-order valence-corrected chi connectivity index (χ0v) is 17.3. The molecule has 7 heteroatoms. The van der Waals surface area contributed by atoms with Gasteiger partial charge in [-0.2, -0.15) is 0 Å². The van der Waals surface area contributed by atoms with Gasteiger partial charge >= 0.3 is 0 Å². The number of hydrogen-bond acceptors (Lipinski definition) is 6. The molecule has 7 nitrogen and oxygen atoms in total. The minimum Gasteiger partial charge on any atom is -0.492 e. The Morgan fingerprint density at radius 2 is 1.97 bits per heavy atom. The number of ether oxygens (including phenoxy) is 1. The van der Waals surface area contributed by atoms with Crippen LogP contribution in [0.15, 0.2) is 41.0 Å². The van der Waals surface area contributed by atoms with Gasteiger partial charge in [-0.25, -0.2) is 0 Å². The van der Waals surface area contributed by atoms with E-state index in [9.17, 15) is 14.7 Å². The standard InChI is InChI=1S/C24H26N2O5/c27-16-7-9-26(10-8-16)11-12-30-17-2-3-18-15(13-17)1-5-21-23(18)20(14-31-21)19-4-6-22(28)25-24(19)29/h1-3,5,13-14,16,19,27H,4,6-12H2,(H,25,28,29)/t19-/m0/s1. The number of carbonyl (C=O) groups is 2. The third-order valence-electron chi connectivity index (χ3n) is 6.40. The van der Waals surface area contributed by atoms with Crippen LogP contribution >= 0.6 is 0 Å². The molecule has 0 radical (unpaired) electrons. The second kappa shape index (κ2) is 8.32. The predicted octanol–water partition coefficient (Wildman–Crippen LogP) is 2.94. The zero-order valence-electron chi connectivity index (χ0n) is 17.3. The number of amides is 2. The Morgan fingerprint density at radius 1 is 1.13 bits per heavy atom. The van der Waals surface area contributed by atoms with Gasteiger partial charge in [-0.1, -0.05) is 6.07 Å². The first-order chi connectivity index (χ1) is 15.1. The number of hydrogen-bond donors (Lipinski definition) is 2. The van der Waals surface area contributed by atoms with Crippen molar-refractivity contribution in [2.75, 3.05) is 26.2 Å². The summed E-state index contributed by atoms with van der Waals surface area (Å²) in [6.45, 7) is 3.25. The van der Waals surface area contributed by atoms with Crippen LogP contribution in [0.4, 0.5) is 0 Å². The van der Waals surface area contributed by atoms with Gasteiger partial charge in [-0.15, -0.1) is 0 Å². The largest absolute Gasteiger partial charge is 0.492 e. The molecule has 2 aliphatic heterocycles. The van der Waals surface area contributed by atoms with Crippen LogP contribution < -0.4 is 10.1 Å². The third kappa shape index (κ3) is 4.03. The van der Waals surface area contributed by atoms with Crippen LogP contribution in [0, 0.1) is 0 Å². The monoisotopic (exact) mass is 422 g/mol. The molecule has 0 aliphatic carbocycles. The van der Waals surface area contributed by atoms with Gasteiger partial charge in [0.05, 0.1) is 18.3 Å². The Labute approximate surface area is 179 Å². The molecule has 5 rings (SSSR count). The van der Waals surface area contributed by atoms with Crippen molar-refractivity contribution in [2.45, 2.75) is 37.7 Å². The molecular formula is C24H26N2O5. The minimum atomic E-state index is -0.386. The highest BCUT2D eigenvalue weighted by atomic mass is 16.5. The van der Waals surface area contributed by atoms with Crippen molar-refractivity contribution in [2.24, 2.45) is 0 Å². The van der Waals surface area contributed by atoms with Crippen molar-refractivity contribution in [3.8, 4) is 5.75 Å². The van der Waals surface area contributed by atoms with E-state index in [4.69, 9.17) is 9.15 Å². The van der Waals surface area contributed by atoms with Crippen LogP contribution in [0.25, 0.3) is 21.7 Å². The lowest BCUT2D eigenvalue weighted by molar-refractivity contribution is -0.134. The van der Waals surface area contributed by atoms with Gasteiger partial charge < -0.3 is 14.3 Å². The molecule has 31 heavy (non-hydrogen) atoms. The van der Waals surface area contributed by atoms with E-state index in [2.05, 4.69) is 10.2 Å². The molecule has 1 aromatic heterocycles. The lowest BCUT2D eigenvalue weighted by atomic mass is 9.89. The molecule has 2 fully saturated rings. The number of nitrogens with one attached hydrogen (secondary N) is 1. The molecule has 2 aliphatic rings. The topological polar surface area (TPSA) is 92.0 Å². The molecule has 0 unspecified atom stereocenters. The second-order valence-electron chi connectivity index (χ2n) is 8.44. The second-order valence-corrected chi connectivity index (χ2v) is 8.44. The number of aliphatic hydroxyl groups is 1. The van der Waals surface area contributed by atoms with Crippen LogP contribution in [0.3, 0.4) is 0 Å². The predicted molar refractivity (Wildman–Crippen MR) is 116 cm³/mol. The summed E-state index contributed by atoms with van der Waals surface area (Å²) in [6, 6.07) is 9.87. The molecule has 2 amide bonds. The van der Waals surface area contributed by atoms with Crippen LogP contribution in [-0.4, -0.2) is 54.2 Å². The Balaban J connectivity index is 1.35. The smallest absolute Gasteiger partial charge is 0.234 e. The SMILES string of the molecule is O=C1CC[C@@H](c2coc3ccc4cc(OCCN5CCC(O)CC5)ccc4c23)C(=O)N1. The van der Waals surface area contributed by atoms with Crippen LogP contribution in [0.2, 0.25) is 0 Å². The molecule has 0 bridgehead atoms. The van der Waals surface area contributed by atoms with E-state index in [-0.39, 0.29) is 23.8 Å². The van der Waals surface area contributed by atoms with Crippen molar-refractivity contribution >= 4 is 33.6 Å². The maximum atomic E-state index is 12.4. The maximum absolute atomic E-state index is 12.4. The first kappa shape index (κ1) is 20.0. The summed E-state index contributed by atoms with van der Waals surface area (Å²) in [5.74, 6) is -0.0685. The van der Waals surface area contributed by atoms with E-state index in [0.29, 0.717) is 19.4 Å². The number of rotatable bonds is 5. The Bertz CT molecular complexity index is 1130. The van der Waals surface area contributed by atoms with Crippen LogP contribution in [0.1, 0.15) is 37.2 Å². The average molecular weight is 422 g/mol. The summed E-state index contributed by atoms with van der Waals surface area (Å²) in [5.41, 5.74) is 1.56. The molecule has 162 valence electrons. The molecule has 2 saturated heterocycles. The number of aliphatic hydroxyl groups excluding tert-OH is 1. The molecule has 0 spiro atoms.